The first-order valence-electron chi connectivity index (χ1n) is 3.84. The Labute approximate surface area is 72.1 Å². The summed E-state index contributed by atoms with van der Waals surface area (Å²) in [6.07, 6.45) is 3.49. The van der Waals surface area contributed by atoms with Crippen molar-refractivity contribution in [2.45, 2.75) is 13.8 Å². The van der Waals surface area contributed by atoms with E-state index in [9.17, 15) is 0 Å². The lowest BCUT2D eigenvalue weighted by Gasteiger charge is -2.03. The van der Waals surface area contributed by atoms with E-state index in [2.05, 4.69) is 16.5 Å². The van der Waals surface area contributed by atoms with Crippen LogP contribution in [0.4, 0.5) is 0 Å². The smallest absolute Gasteiger partial charge is 0.194 e. The highest BCUT2D eigenvalue weighted by atomic mass is 16.5. The highest BCUT2D eigenvalue weighted by molar-refractivity contribution is 5.48. The SMILES string of the molecule is C=C(OCC)c1ncc(C)cn1. The number of ether oxygens (including phenoxy) is 1. The molecule has 1 aromatic heterocycles. The van der Waals surface area contributed by atoms with Gasteiger partial charge in [0.15, 0.2) is 11.6 Å². The van der Waals surface area contributed by atoms with Crippen LogP contribution < -0.4 is 0 Å². The molecule has 0 N–H and O–H groups in total. The fraction of sp³-hybridized carbons (Fsp3) is 0.333. The van der Waals surface area contributed by atoms with Crippen LogP contribution in [0.2, 0.25) is 0 Å². The van der Waals surface area contributed by atoms with E-state index < -0.39 is 0 Å². The van der Waals surface area contributed by atoms with E-state index in [-0.39, 0.29) is 0 Å². The molecule has 0 fully saturated rings. The van der Waals surface area contributed by atoms with Crippen molar-refractivity contribution >= 4 is 5.76 Å². The summed E-state index contributed by atoms with van der Waals surface area (Å²) >= 11 is 0. The first-order chi connectivity index (χ1) is 5.74. The summed E-state index contributed by atoms with van der Waals surface area (Å²) in [5, 5.41) is 0. The molecule has 3 nitrogen and oxygen atoms in total. The maximum atomic E-state index is 5.15. The Morgan fingerprint density at radius 3 is 2.58 bits per heavy atom. The molecular formula is C9H12N2O. The van der Waals surface area contributed by atoms with E-state index in [0.29, 0.717) is 18.2 Å². The summed E-state index contributed by atoms with van der Waals surface area (Å²) < 4.78 is 5.15. The molecule has 0 aliphatic rings. The lowest BCUT2D eigenvalue weighted by Crippen LogP contribution is -1.96. The molecule has 1 rings (SSSR count). The molecule has 0 aliphatic heterocycles. The second-order valence-electron chi connectivity index (χ2n) is 2.44. The predicted molar refractivity (Wildman–Crippen MR) is 47.4 cm³/mol. The predicted octanol–water partition coefficient (Wildman–Crippen LogP) is 1.79. The molecule has 0 bridgehead atoms. The minimum atomic E-state index is 0.525. The Kier molecular flexibility index (Phi) is 2.80. The Morgan fingerprint density at radius 2 is 2.08 bits per heavy atom. The van der Waals surface area contributed by atoms with Gasteiger partial charge in [-0.25, -0.2) is 9.97 Å². The molecule has 64 valence electrons. The zero-order valence-electron chi connectivity index (χ0n) is 7.37. The monoisotopic (exact) mass is 164 g/mol. The van der Waals surface area contributed by atoms with Crippen molar-refractivity contribution in [1.82, 2.24) is 9.97 Å². The zero-order valence-corrected chi connectivity index (χ0v) is 7.37. The van der Waals surface area contributed by atoms with E-state index in [0.717, 1.165) is 5.56 Å². The molecule has 12 heavy (non-hydrogen) atoms. The van der Waals surface area contributed by atoms with E-state index in [1.165, 1.54) is 0 Å². The quantitative estimate of drug-likeness (QED) is 0.639. The minimum absolute atomic E-state index is 0.525. The third kappa shape index (κ3) is 2.05. The molecular weight excluding hydrogens is 152 g/mol. The van der Waals surface area contributed by atoms with Gasteiger partial charge in [-0.15, -0.1) is 0 Å². The maximum Gasteiger partial charge on any atom is 0.194 e. The van der Waals surface area contributed by atoms with Crippen LogP contribution in [-0.4, -0.2) is 16.6 Å². The van der Waals surface area contributed by atoms with E-state index >= 15 is 0 Å². The molecule has 0 aliphatic carbocycles. The van der Waals surface area contributed by atoms with Gasteiger partial charge in [-0.3, -0.25) is 0 Å². The van der Waals surface area contributed by atoms with E-state index in [1.807, 2.05) is 13.8 Å². The summed E-state index contributed by atoms with van der Waals surface area (Å²) in [4.78, 5) is 8.12. The van der Waals surface area contributed by atoms with Crippen molar-refractivity contribution in [3.63, 3.8) is 0 Å². The summed E-state index contributed by atoms with van der Waals surface area (Å²) in [5.74, 6) is 1.08. The van der Waals surface area contributed by atoms with Gasteiger partial charge in [-0.1, -0.05) is 6.58 Å². The molecule has 1 aromatic rings. The molecule has 0 atom stereocenters. The van der Waals surface area contributed by atoms with Crippen LogP contribution in [0.3, 0.4) is 0 Å². The van der Waals surface area contributed by atoms with Gasteiger partial charge in [0, 0.05) is 12.4 Å². The highest BCUT2D eigenvalue weighted by Crippen LogP contribution is 2.06. The number of rotatable bonds is 3. The van der Waals surface area contributed by atoms with Crippen LogP contribution >= 0.6 is 0 Å². The van der Waals surface area contributed by atoms with Gasteiger partial charge in [-0.05, 0) is 19.4 Å². The van der Waals surface area contributed by atoms with Crippen molar-refractivity contribution in [1.29, 1.82) is 0 Å². The van der Waals surface area contributed by atoms with Gasteiger partial charge in [-0.2, -0.15) is 0 Å². The molecule has 1 heterocycles. The molecule has 3 heteroatoms. The fourth-order valence-electron chi connectivity index (χ4n) is 0.775. The van der Waals surface area contributed by atoms with Crippen molar-refractivity contribution in [3.8, 4) is 0 Å². The summed E-state index contributed by atoms with van der Waals surface area (Å²) in [6.45, 7) is 8.13. The topological polar surface area (TPSA) is 35.0 Å². The van der Waals surface area contributed by atoms with Crippen LogP contribution in [0.5, 0.6) is 0 Å². The van der Waals surface area contributed by atoms with Crippen molar-refractivity contribution in [2.75, 3.05) is 6.61 Å². The highest BCUT2D eigenvalue weighted by Gasteiger charge is 2.00. The zero-order chi connectivity index (χ0) is 8.97. The van der Waals surface area contributed by atoms with Crippen molar-refractivity contribution < 1.29 is 4.74 Å². The molecule has 0 saturated heterocycles. The fourth-order valence-corrected chi connectivity index (χ4v) is 0.775. The molecule has 0 saturated carbocycles. The normalized spacial score (nSPS) is 9.50. The first kappa shape index (κ1) is 8.71. The van der Waals surface area contributed by atoms with E-state index in [1.54, 1.807) is 12.4 Å². The number of aromatic nitrogens is 2. The third-order valence-electron chi connectivity index (χ3n) is 1.35. The van der Waals surface area contributed by atoms with Crippen LogP contribution in [-0.2, 0) is 4.74 Å². The van der Waals surface area contributed by atoms with E-state index in [4.69, 9.17) is 4.74 Å². The number of hydrogen-bond donors (Lipinski definition) is 0. The maximum absolute atomic E-state index is 5.15. The summed E-state index contributed by atoms with van der Waals surface area (Å²) in [7, 11) is 0. The Hall–Kier alpha value is -1.38. The first-order valence-corrected chi connectivity index (χ1v) is 3.84. The summed E-state index contributed by atoms with van der Waals surface area (Å²) in [5.41, 5.74) is 1.03. The molecule has 0 aromatic carbocycles. The van der Waals surface area contributed by atoms with Gasteiger partial charge in [0.1, 0.15) is 0 Å². The number of nitrogens with zero attached hydrogens (tertiary/aromatic N) is 2. The van der Waals surface area contributed by atoms with Gasteiger partial charge >= 0.3 is 0 Å². The van der Waals surface area contributed by atoms with Gasteiger partial charge < -0.3 is 4.74 Å². The second kappa shape index (κ2) is 3.85. The number of hydrogen-bond acceptors (Lipinski definition) is 3. The van der Waals surface area contributed by atoms with Gasteiger partial charge in [0.2, 0.25) is 0 Å². The van der Waals surface area contributed by atoms with Crippen molar-refractivity contribution in [2.24, 2.45) is 0 Å². The van der Waals surface area contributed by atoms with Crippen LogP contribution in [0.15, 0.2) is 19.0 Å². The largest absolute Gasteiger partial charge is 0.491 e. The van der Waals surface area contributed by atoms with Crippen LogP contribution in [0, 0.1) is 6.92 Å². The summed E-state index contributed by atoms with van der Waals surface area (Å²) in [6, 6.07) is 0. The standard InChI is InChI=1S/C9H12N2O/c1-4-12-8(3)9-10-5-7(2)6-11-9/h5-6H,3-4H2,1-2H3. The molecule has 0 radical (unpaired) electrons. The molecule has 0 unspecified atom stereocenters. The Morgan fingerprint density at radius 1 is 1.50 bits per heavy atom. The minimum Gasteiger partial charge on any atom is -0.491 e. The average Bonchev–Trinajstić information content (AvgIpc) is 2.06. The molecule has 0 amide bonds. The van der Waals surface area contributed by atoms with Gasteiger partial charge in [0.05, 0.1) is 6.61 Å². The van der Waals surface area contributed by atoms with Crippen LogP contribution in [0.1, 0.15) is 18.3 Å². The molecule has 0 spiro atoms. The third-order valence-corrected chi connectivity index (χ3v) is 1.35. The Balaban J connectivity index is 2.75. The number of aryl methyl sites for hydroxylation is 1. The van der Waals surface area contributed by atoms with Crippen molar-refractivity contribution in [3.05, 3.63) is 30.4 Å². The average molecular weight is 164 g/mol. The lowest BCUT2D eigenvalue weighted by atomic mass is 10.4. The second-order valence-corrected chi connectivity index (χ2v) is 2.44. The lowest BCUT2D eigenvalue weighted by molar-refractivity contribution is 0.296. The Bertz CT molecular complexity index is 266. The van der Waals surface area contributed by atoms with Crippen LogP contribution in [0.25, 0.3) is 5.76 Å². The van der Waals surface area contributed by atoms with Gasteiger partial charge in [0.25, 0.3) is 0 Å².